The number of benzene rings is 2. The molecule has 0 saturated carbocycles. The van der Waals surface area contributed by atoms with Gasteiger partial charge in [-0.15, -0.1) is 0 Å². The summed E-state index contributed by atoms with van der Waals surface area (Å²) in [6, 6.07) is 9.68. The van der Waals surface area contributed by atoms with E-state index in [1.54, 1.807) is 30.3 Å². The lowest BCUT2D eigenvalue weighted by Gasteiger charge is -2.26. The third-order valence-corrected chi connectivity index (χ3v) is 9.74. The Morgan fingerprint density at radius 1 is 0.929 bits per heavy atom. The second kappa shape index (κ2) is 7.61. The fourth-order valence-corrected chi connectivity index (χ4v) is 7.94. The van der Waals surface area contributed by atoms with E-state index in [1.165, 1.54) is 4.31 Å². The van der Waals surface area contributed by atoms with E-state index >= 15 is 0 Å². The van der Waals surface area contributed by atoms with Gasteiger partial charge in [-0.1, -0.05) is 24.3 Å². The quantitative estimate of drug-likeness (QED) is 0.740. The number of sulfonamides is 1. The van der Waals surface area contributed by atoms with Gasteiger partial charge in [0, 0.05) is 12.6 Å². The van der Waals surface area contributed by atoms with E-state index in [-0.39, 0.29) is 10.6 Å². The first-order valence-corrected chi connectivity index (χ1v) is 12.5. The predicted molar refractivity (Wildman–Crippen MR) is 111 cm³/mol. The van der Waals surface area contributed by atoms with Crippen LogP contribution in [0.2, 0.25) is 0 Å². The van der Waals surface area contributed by atoms with Crippen LogP contribution in [0, 0.1) is 27.7 Å². The van der Waals surface area contributed by atoms with Gasteiger partial charge in [-0.25, -0.2) is 16.8 Å². The normalized spacial score (nSPS) is 18.5. The fourth-order valence-electron chi connectivity index (χ4n) is 3.95. The Labute approximate surface area is 168 Å². The van der Waals surface area contributed by atoms with Gasteiger partial charge in [0.25, 0.3) is 0 Å². The molecule has 152 valence electrons. The van der Waals surface area contributed by atoms with Gasteiger partial charge in [0.05, 0.1) is 15.5 Å². The van der Waals surface area contributed by atoms with Crippen LogP contribution in [0.4, 0.5) is 0 Å². The first-order chi connectivity index (χ1) is 13.1. The lowest BCUT2D eigenvalue weighted by molar-refractivity contribution is 0.407. The van der Waals surface area contributed by atoms with Crippen LogP contribution in [0.3, 0.4) is 0 Å². The zero-order valence-corrected chi connectivity index (χ0v) is 18.4. The molecule has 0 aliphatic carbocycles. The molecule has 1 saturated heterocycles. The van der Waals surface area contributed by atoms with E-state index in [4.69, 9.17) is 0 Å². The Balaban J connectivity index is 2.00. The van der Waals surface area contributed by atoms with Crippen molar-refractivity contribution in [3.63, 3.8) is 0 Å². The van der Waals surface area contributed by atoms with Gasteiger partial charge in [0.1, 0.15) is 0 Å². The summed E-state index contributed by atoms with van der Waals surface area (Å²) in [5.41, 5.74) is 3.32. The van der Waals surface area contributed by atoms with Crippen LogP contribution in [0.1, 0.15) is 35.1 Å². The van der Waals surface area contributed by atoms with Crippen LogP contribution in [-0.4, -0.2) is 39.5 Å². The van der Waals surface area contributed by atoms with Crippen LogP contribution in [0.15, 0.2) is 46.2 Å². The molecule has 1 aliphatic rings. The summed E-state index contributed by atoms with van der Waals surface area (Å²) < 4.78 is 54.1. The minimum Gasteiger partial charge on any atom is -0.224 e. The maximum atomic E-state index is 13.5. The number of aryl methyl sites for hydroxylation is 2. The van der Waals surface area contributed by atoms with Crippen molar-refractivity contribution >= 4 is 19.9 Å². The molecule has 0 spiro atoms. The fraction of sp³-hybridized carbons (Fsp3) is 0.429. The van der Waals surface area contributed by atoms with Gasteiger partial charge in [0.2, 0.25) is 10.0 Å². The summed E-state index contributed by atoms with van der Waals surface area (Å²) >= 11 is 0. The number of nitrogens with zero attached hydrogens (tertiary/aromatic N) is 1. The lowest BCUT2D eigenvalue weighted by atomic mass is 10.0. The van der Waals surface area contributed by atoms with Gasteiger partial charge in [0.15, 0.2) is 9.84 Å². The van der Waals surface area contributed by atoms with Crippen LogP contribution < -0.4 is 0 Å². The van der Waals surface area contributed by atoms with Gasteiger partial charge in [-0.2, -0.15) is 4.31 Å². The monoisotopic (exact) mass is 421 g/mol. The minimum atomic E-state index is -3.78. The first kappa shape index (κ1) is 21.0. The predicted octanol–water partition coefficient (Wildman–Crippen LogP) is 3.55. The highest BCUT2D eigenvalue weighted by molar-refractivity contribution is 7.91. The molecule has 1 aliphatic heterocycles. The van der Waals surface area contributed by atoms with Crippen LogP contribution in [0.25, 0.3) is 0 Å². The molecule has 2 aromatic carbocycles. The van der Waals surface area contributed by atoms with Crippen molar-refractivity contribution in [3.8, 4) is 0 Å². The Morgan fingerprint density at radius 3 is 2.07 bits per heavy atom. The van der Waals surface area contributed by atoms with E-state index in [9.17, 15) is 16.8 Å². The van der Waals surface area contributed by atoms with E-state index in [0.29, 0.717) is 24.3 Å². The molecular formula is C21H27NO4S2. The average molecular weight is 422 g/mol. The SMILES string of the molecule is Cc1cc(C)c(C)c(S(=O)(=O)N2CCCC2CS(=O)(=O)c2ccccc2)c1C. The maximum Gasteiger partial charge on any atom is 0.243 e. The van der Waals surface area contributed by atoms with Crippen LogP contribution in [-0.2, 0) is 19.9 Å². The molecule has 5 nitrogen and oxygen atoms in total. The summed E-state index contributed by atoms with van der Waals surface area (Å²) in [5.74, 6) is -0.195. The zero-order chi connectivity index (χ0) is 20.7. The number of hydrogen-bond acceptors (Lipinski definition) is 4. The first-order valence-electron chi connectivity index (χ1n) is 9.43. The highest BCUT2D eigenvalue weighted by atomic mass is 32.2. The van der Waals surface area contributed by atoms with Crippen molar-refractivity contribution in [2.24, 2.45) is 0 Å². The Morgan fingerprint density at radius 2 is 1.50 bits per heavy atom. The van der Waals surface area contributed by atoms with Crippen molar-refractivity contribution in [2.45, 2.75) is 56.4 Å². The molecule has 0 radical (unpaired) electrons. The summed E-state index contributed by atoms with van der Waals surface area (Å²) in [7, 11) is -7.34. The summed E-state index contributed by atoms with van der Waals surface area (Å²) in [6.45, 7) is 7.80. The Hall–Kier alpha value is -1.70. The summed E-state index contributed by atoms with van der Waals surface area (Å²) in [5, 5.41) is 0. The lowest BCUT2D eigenvalue weighted by Crippen LogP contribution is -2.40. The maximum absolute atomic E-state index is 13.5. The molecule has 3 rings (SSSR count). The van der Waals surface area contributed by atoms with Gasteiger partial charge < -0.3 is 0 Å². The minimum absolute atomic E-state index is 0.195. The van der Waals surface area contributed by atoms with E-state index in [1.807, 2.05) is 33.8 Å². The van der Waals surface area contributed by atoms with Crippen LogP contribution >= 0.6 is 0 Å². The topological polar surface area (TPSA) is 71.5 Å². The highest BCUT2D eigenvalue weighted by Crippen LogP contribution is 2.33. The van der Waals surface area contributed by atoms with E-state index in [2.05, 4.69) is 0 Å². The third-order valence-electron chi connectivity index (χ3n) is 5.70. The summed E-state index contributed by atoms with van der Waals surface area (Å²) in [4.78, 5) is 0.562. The zero-order valence-electron chi connectivity index (χ0n) is 16.8. The molecule has 28 heavy (non-hydrogen) atoms. The number of hydrogen-bond donors (Lipinski definition) is 0. The average Bonchev–Trinajstić information content (AvgIpc) is 3.09. The van der Waals surface area contributed by atoms with Crippen molar-refractivity contribution in [1.29, 1.82) is 0 Å². The van der Waals surface area contributed by atoms with Crippen molar-refractivity contribution in [1.82, 2.24) is 4.31 Å². The largest absolute Gasteiger partial charge is 0.243 e. The number of rotatable bonds is 5. The van der Waals surface area contributed by atoms with Crippen LogP contribution in [0.5, 0.6) is 0 Å². The highest BCUT2D eigenvalue weighted by Gasteiger charge is 2.39. The molecule has 1 unspecified atom stereocenters. The van der Waals surface area contributed by atoms with Gasteiger partial charge >= 0.3 is 0 Å². The Bertz CT molecular complexity index is 1060. The smallest absolute Gasteiger partial charge is 0.224 e. The second-order valence-corrected chi connectivity index (χ2v) is 11.5. The van der Waals surface area contributed by atoms with Gasteiger partial charge in [-0.3, -0.25) is 0 Å². The molecule has 1 heterocycles. The molecular weight excluding hydrogens is 394 g/mol. The molecule has 1 atom stereocenters. The standard InChI is InChI=1S/C21H27NO4S2/c1-15-13-16(2)18(4)21(17(15)3)28(25,26)22-12-8-9-19(22)14-27(23,24)20-10-6-5-7-11-20/h5-7,10-11,13,19H,8-9,12,14H2,1-4H3. The Kier molecular flexibility index (Phi) is 5.71. The van der Waals surface area contributed by atoms with Gasteiger partial charge in [-0.05, 0) is 74.9 Å². The summed E-state index contributed by atoms with van der Waals surface area (Å²) in [6.07, 6.45) is 1.21. The molecule has 1 fully saturated rings. The second-order valence-electron chi connectivity index (χ2n) is 7.60. The molecule has 7 heteroatoms. The molecule has 0 bridgehead atoms. The molecule has 2 aromatic rings. The van der Waals surface area contributed by atoms with E-state index < -0.39 is 25.9 Å². The number of sulfone groups is 1. The third kappa shape index (κ3) is 3.75. The van der Waals surface area contributed by atoms with E-state index in [0.717, 1.165) is 22.3 Å². The van der Waals surface area contributed by atoms with Crippen molar-refractivity contribution < 1.29 is 16.8 Å². The van der Waals surface area contributed by atoms with Crippen molar-refractivity contribution in [3.05, 3.63) is 58.7 Å². The molecule has 0 aromatic heterocycles. The molecule has 0 N–H and O–H groups in total. The molecule has 0 amide bonds. The van der Waals surface area contributed by atoms with Crippen molar-refractivity contribution in [2.75, 3.05) is 12.3 Å².